The molecule has 0 radical (unpaired) electrons. The summed E-state index contributed by atoms with van der Waals surface area (Å²) in [7, 11) is -0.183. The predicted molar refractivity (Wildman–Crippen MR) is 188 cm³/mol. The molecular formula is C36H47ClN4O7S. The van der Waals surface area contributed by atoms with E-state index in [1.807, 2.05) is 35.9 Å². The molecule has 4 aliphatic rings. The van der Waals surface area contributed by atoms with Crippen molar-refractivity contribution in [3.05, 3.63) is 70.3 Å². The topological polar surface area (TPSA) is 140 Å². The number of fused-ring (bicyclic) bond motifs is 4. The molecule has 2 aliphatic carbocycles. The van der Waals surface area contributed by atoms with Gasteiger partial charge in [0.05, 0.1) is 24.8 Å². The van der Waals surface area contributed by atoms with Gasteiger partial charge < -0.3 is 24.7 Å². The maximum Gasteiger partial charge on any atom is 0.303 e. The zero-order valence-corrected chi connectivity index (χ0v) is 30.1. The van der Waals surface area contributed by atoms with Gasteiger partial charge in [0.25, 0.3) is 5.91 Å². The lowest BCUT2D eigenvalue weighted by molar-refractivity contribution is -0.149. The van der Waals surface area contributed by atoms with Gasteiger partial charge in [0.15, 0.2) is 5.60 Å². The largest absolute Gasteiger partial charge is 0.490 e. The molecule has 0 saturated heterocycles. The average molecular weight is 715 g/mol. The normalized spacial score (nSPS) is 31.2. The molecule has 2 bridgehead atoms. The quantitative estimate of drug-likeness (QED) is 0.411. The molecule has 1 fully saturated rings. The Balaban J connectivity index is 1.48. The number of hydrogen-bond acceptors (Lipinski definition) is 8. The number of carbonyl (C=O) groups is 2. The van der Waals surface area contributed by atoms with Crippen molar-refractivity contribution < 1.29 is 33.0 Å². The fraction of sp³-hybridized carbons (Fsp3) is 0.556. The maximum absolute atomic E-state index is 13.9. The average Bonchev–Trinajstić information content (AvgIpc) is 3.18. The highest BCUT2D eigenvalue weighted by molar-refractivity contribution is 7.87. The van der Waals surface area contributed by atoms with Gasteiger partial charge in [-0.15, -0.1) is 0 Å². The molecule has 3 N–H and O–H groups in total. The second kappa shape index (κ2) is 13.5. The fourth-order valence-electron chi connectivity index (χ4n) is 7.84. The van der Waals surface area contributed by atoms with Gasteiger partial charge in [-0.3, -0.25) is 9.59 Å². The van der Waals surface area contributed by atoms with Crippen molar-refractivity contribution in [2.75, 3.05) is 45.7 Å². The summed E-state index contributed by atoms with van der Waals surface area (Å²) in [5.41, 5.74) is 0.172. The van der Waals surface area contributed by atoms with E-state index in [9.17, 15) is 28.2 Å². The van der Waals surface area contributed by atoms with E-state index in [1.165, 1.54) is 36.2 Å². The number of hydrogen-bond donors (Lipinski definition) is 3. The Labute approximate surface area is 294 Å². The molecule has 11 nitrogen and oxygen atoms in total. The van der Waals surface area contributed by atoms with Crippen molar-refractivity contribution in [1.82, 2.24) is 13.9 Å². The Kier molecular flexibility index (Phi) is 9.84. The van der Waals surface area contributed by atoms with Gasteiger partial charge in [0, 0.05) is 50.7 Å². The number of aliphatic hydroxyl groups is 2. The Hall–Kier alpha value is -3.16. The maximum atomic E-state index is 13.9. The van der Waals surface area contributed by atoms with Crippen LogP contribution in [0.25, 0.3) is 0 Å². The van der Waals surface area contributed by atoms with Crippen LogP contribution in [0.2, 0.25) is 5.02 Å². The van der Waals surface area contributed by atoms with Crippen LogP contribution in [0, 0.1) is 11.8 Å². The smallest absolute Gasteiger partial charge is 0.303 e. The Morgan fingerprint density at radius 2 is 1.94 bits per heavy atom. The van der Waals surface area contributed by atoms with Gasteiger partial charge in [-0.1, -0.05) is 35.9 Å². The zero-order chi connectivity index (χ0) is 35.3. The van der Waals surface area contributed by atoms with Crippen LogP contribution in [0.4, 0.5) is 5.69 Å². The van der Waals surface area contributed by atoms with Gasteiger partial charge in [0.2, 0.25) is 5.91 Å². The summed E-state index contributed by atoms with van der Waals surface area (Å²) in [4.78, 5) is 31.2. The second-order valence-corrected chi connectivity index (χ2v) is 16.9. The van der Waals surface area contributed by atoms with Crippen molar-refractivity contribution in [2.45, 2.75) is 75.0 Å². The molecule has 2 amide bonds. The number of ether oxygens (including phenoxy) is 1. The highest BCUT2D eigenvalue weighted by Gasteiger charge is 2.47. The van der Waals surface area contributed by atoms with Crippen molar-refractivity contribution in [3.63, 3.8) is 0 Å². The third-order valence-electron chi connectivity index (χ3n) is 11.2. The number of nitrogens with zero attached hydrogens (tertiary/aromatic N) is 3. The molecule has 266 valence electrons. The van der Waals surface area contributed by atoms with Crippen LogP contribution in [0.15, 0.2) is 48.6 Å². The van der Waals surface area contributed by atoms with E-state index in [0.717, 1.165) is 36.4 Å². The third-order valence-corrected chi connectivity index (χ3v) is 12.9. The summed E-state index contributed by atoms with van der Waals surface area (Å²) in [5.74, 6) is -1.01. The summed E-state index contributed by atoms with van der Waals surface area (Å²) in [5, 5.41) is 24.2. The number of anilines is 1. The first-order chi connectivity index (χ1) is 23.1. The highest BCUT2D eigenvalue weighted by atomic mass is 35.5. The van der Waals surface area contributed by atoms with E-state index in [0.29, 0.717) is 42.6 Å². The summed E-state index contributed by atoms with van der Waals surface area (Å²) in [6.07, 6.45) is 7.38. The summed E-state index contributed by atoms with van der Waals surface area (Å²) in [6.45, 7) is 3.41. The molecular weight excluding hydrogens is 668 g/mol. The highest BCUT2D eigenvalue weighted by Crippen LogP contribution is 2.47. The van der Waals surface area contributed by atoms with Crippen LogP contribution in [-0.4, -0.2) is 92.6 Å². The fourth-order valence-corrected chi connectivity index (χ4v) is 8.62. The van der Waals surface area contributed by atoms with Gasteiger partial charge >= 0.3 is 10.2 Å². The number of carbonyl (C=O) groups excluding carboxylic acids is 2. The third kappa shape index (κ3) is 6.82. The first kappa shape index (κ1) is 35.7. The molecule has 1 saturated carbocycles. The van der Waals surface area contributed by atoms with E-state index in [1.54, 1.807) is 19.2 Å². The Morgan fingerprint density at radius 1 is 1.16 bits per heavy atom. The van der Waals surface area contributed by atoms with E-state index in [4.69, 9.17) is 16.3 Å². The summed E-state index contributed by atoms with van der Waals surface area (Å²) >= 11 is 6.42. The SMILES string of the molecule is C[C@H]1C/C=C\[C@H](O)[C@@H]2CC[C@H]2CN2C[C@@]3(CCCc4cc(Cl)ccc43)COc3ccc(cc32)C(O)(C(=O)NS(=O)(=O)N(C)C)CC(=O)N1C. The minimum atomic E-state index is -4.30. The lowest BCUT2D eigenvalue weighted by atomic mass is 9.68. The number of rotatable bonds is 3. The van der Waals surface area contributed by atoms with Crippen molar-refractivity contribution in [2.24, 2.45) is 11.8 Å². The van der Waals surface area contributed by atoms with Crippen LogP contribution >= 0.6 is 11.6 Å². The number of nitrogens with one attached hydrogen (secondary N) is 1. The van der Waals surface area contributed by atoms with Gasteiger partial charge in [-0.2, -0.15) is 12.7 Å². The number of aliphatic hydroxyl groups excluding tert-OH is 1. The van der Waals surface area contributed by atoms with E-state index in [2.05, 4.69) is 11.0 Å². The number of benzene rings is 2. The summed E-state index contributed by atoms with van der Waals surface area (Å²) in [6, 6.07) is 10.6. The number of aryl methyl sites for hydroxylation is 1. The molecule has 2 heterocycles. The second-order valence-electron chi connectivity index (χ2n) is 14.6. The molecule has 49 heavy (non-hydrogen) atoms. The predicted octanol–water partition coefficient (Wildman–Crippen LogP) is 3.51. The van der Waals surface area contributed by atoms with Crippen LogP contribution in [0.3, 0.4) is 0 Å². The van der Waals surface area contributed by atoms with Crippen LogP contribution in [0.1, 0.15) is 62.1 Å². The van der Waals surface area contributed by atoms with Gasteiger partial charge in [-0.05, 0) is 98.2 Å². The molecule has 1 unspecified atom stereocenters. The van der Waals surface area contributed by atoms with Crippen LogP contribution in [-0.2, 0) is 37.2 Å². The first-order valence-corrected chi connectivity index (χ1v) is 18.8. The van der Waals surface area contributed by atoms with E-state index in [-0.39, 0.29) is 28.9 Å². The van der Waals surface area contributed by atoms with Crippen molar-refractivity contribution in [3.8, 4) is 5.75 Å². The van der Waals surface area contributed by atoms with Gasteiger partial charge in [0.1, 0.15) is 5.75 Å². The van der Waals surface area contributed by atoms with Crippen molar-refractivity contribution in [1.29, 1.82) is 0 Å². The Morgan fingerprint density at radius 3 is 2.65 bits per heavy atom. The van der Waals surface area contributed by atoms with Crippen molar-refractivity contribution >= 4 is 39.3 Å². The minimum absolute atomic E-state index is 0.0435. The lowest BCUT2D eigenvalue weighted by Gasteiger charge is -2.45. The molecule has 1 spiro atoms. The van der Waals surface area contributed by atoms with Gasteiger partial charge in [-0.25, -0.2) is 4.72 Å². The number of amides is 2. The minimum Gasteiger partial charge on any atom is -0.490 e. The van der Waals surface area contributed by atoms with Crippen LogP contribution in [0.5, 0.6) is 5.75 Å². The number of halogens is 1. The molecule has 2 aromatic rings. The Bertz CT molecular complexity index is 1750. The monoisotopic (exact) mass is 714 g/mol. The zero-order valence-electron chi connectivity index (χ0n) is 28.6. The lowest BCUT2D eigenvalue weighted by Crippen LogP contribution is -2.52. The van der Waals surface area contributed by atoms with Crippen LogP contribution < -0.4 is 14.4 Å². The summed E-state index contributed by atoms with van der Waals surface area (Å²) < 4.78 is 35.0. The first-order valence-electron chi connectivity index (χ1n) is 17.0. The molecule has 2 aromatic carbocycles. The molecule has 2 aliphatic heterocycles. The molecule has 0 aromatic heterocycles. The van der Waals surface area contributed by atoms with E-state index >= 15 is 0 Å². The molecule has 6 atom stereocenters. The van der Waals surface area contributed by atoms with E-state index < -0.39 is 40.1 Å². The standard InChI is InChI=1S/C36H47ClN4O7S/c1-23-7-5-9-31(42)28-13-10-25(28)20-41-21-35(16-6-8-24-17-27(37)12-14-29(24)35)22-48-32-15-11-26(18-30(32)41)36(45,19-33(43)40(23)4)34(44)38-49(46,47)39(2)3/h5,9,11-12,14-15,17-18,23,25,28,31,42,45H,6-8,10,13,16,19-22H2,1-4H3,(H,38,44)/b9-5-/t23-,25-,28+,31-,35-,36?/m0/s1. The molecule has 13 heteroatoms. The molecule has 6 rings (SSSR count).